The van der Waals surface area contributed by atoms with E-state index in [1.165, 1.54) is 10.6 Å². The van der Waals surface area contributed by atoms with Crippen molar-refractivity contribution in [2.75, 3.05) is 0 Å². The lowest BCUT2D eigenvalue weighted by Gasteiger charge is -2.23. The molecule has 0 unspecified atom stereocenters. The number of fused-ring (bicyclic) bond motifs is 1. The Labute approximate surface area is 138 Å². The molecule has 1 fully saturated rings. The van der Waals surface area contributed by atoms with E-state index >= 15 is 0 Å². The van der Waals surface area contributed by atoms with Crippen LogP contribution in [0.4, 0.5) is 0 Å². The molecule has 8 nitrogen and oxygen atoms in total. The van der Waals surface area contributed by atoms with Crippen molar-refractivity contribution in [3.8, 4) is 5.88 Å². The number of carbonyl (C=O) groups excluding carboxylic acids is 1. The molecular weight excluding hydrogens is 312 g/mol. The van der Waals surface area contributed by atoms with Crippen LogP contribution in [-0.2, 0) is 13.2 Å². The molecule has 3 N–H and O–H groups in total. The molecule has 1 aliphatic rings. The lowest BCUT2D eigenvalue weighted by atomic mass is 9.96. The molecule has 1 aliphatic carbocycles. The number of carbonyl (C=O) groups is 1. The molecule has 3 rings (SSSR count). The number of hydrogen-bond donors (Lipinski definition) is 3. The second kappa shape index (κ2) is 5.62. The van der Waals surface area contributed by atoms with Crippen LogP contribution in [0.2, 0.25) is 0 Å². The van der Waals surface area contributed by atoms with Gasteiger partial charge in [0.15, 0.2) is 5.56 Å². The molecule has 0 spiro atoms. The smallest absolute Gasteiger partial charge is 0.291 e. The molecule has 2 aromatic rings. The number of nitrogens with one attached hydrogen (secondary N) is 1. The highest BCUT2D eigenvalue weighted by Crippen LogP contribution is 2.26. The van der Waals surface area contributed by atoms with Crippen molar-refractivity contribution in [2.45, 2.75) is 52.8 Å². The fourth-order valence-electron chi connectivity index (χ4n) is 2.60. The van der Waals surface area contributed by atoms with E-state index in [1.54, 1.807) is 0 Å². The van der Waals surface area contributed by atoms with Crippen LogP contribution >= 0.6 is 0 Å². The summed E-state index contributed by atoms with van der Waals surface area (Å²) in [5.74, 6) is -0.962. The topological polar surface area (TPSA) is 109 Å². The van der Waals surface area contributed by atoms with Gasteiger partial charge in [0.05, 0.1) is 12.3 Å². The van der Waals surface area contributed by atoms with Crippen molar-refractivity contribution in [3.05, 3.63) is 27.7 Å². The molecule has 1 saturated carbocycles. The molecule has 0 radical (unpaired) electrons. The summed E-state index contributed by atoms with van der Waals surface area (Å²) in [6, 6.07) is 1.60. The second-order valence-corrected chi connectivity index (χ2v) is 7.46. The third kappa shape index (κ3) is 3.01. The number of nitrogens with zero attached hydrogens (tertiary/aromatic N) is 3. The van der Waals surface area contributed by atoms with Crippen LogP contribution in [-0.4, -0.2) is 36.3 Å². The second-order valence-electron chi connectivity index (χ2n) is 7.46. The van der Waals surface area contributed by atoms with E-state index in [4.69, 9.17) is 0 Å². The van der Waals surface area contributed by atoms with E-state index < -0.39 is 11.5 Å². The Hall–Kier alpha value is -2.35. The average molecular weight is 334 g/mol. The van der Waals surface area contributed by atoms with Crippen molar-refractivity contribution in [1.82, 2.24) is 19.5 Å². The third-order valence-corrected chi connectivity index (χ3v) is 3.84. The first kappa shape index (κ1) is 16.5. The van der Waals surface area contributed by atoms with Gasteiger partial charge < -0.3 is 15.5 Å². The van der Waals surface area contributed by atoms with Gasteiger partial charge in [0.2, 0.25) is 5.88 Å². The lowest BCUT2D eigenvalue weighted by Crippen LogP contribution is -2.35. The van der Waals surface area contributed by atoms with Crippen LogP contribution in [0.25, 0.3) is 5.65 Å². The molecule has 0 aromatic carbocycles. The minimum absolute atomic E-state index is 0.0636. The molecule has 130 valence electrons. The van der Waals surface area contributed by atoms with Crippen LogP contribution in [0.3, 0.4) is 0 Å². The van der Waals surface area contributed by atoms with Gasteiger partial charge in [-0.1, -0.05) is 20.8 Å². The van der Waals surface area contributed by atoms with Gasteiger partial charge in [-0.25, -0.2) is 0 Å². The van der Waals surface area contributed by atoms with Gasteiger partial charge in [-0.15, -0.1) is 0 Å². The lowest BCUT2D eigenvalue weighted by molar-refractivity contribution is 0.0944. The molecule has 0 aliphatic heterocycles. The largest absolute Gasteiger partial charge is 0.494 e. The van der Waals surface area contributed by atoms with Gasteiger partial charge in [0, 0.05) is 18.7 Å². The molecule has 0 saturated heterocycles. The number of rotatable bonds is 4. The monoisotopic (exact) mass is 334 g/mol. The highest BCUT2D eigenvalue weighted by atomic mass is 16.3. The van der Waals surface area contributed by atoms with Gasteiger partial charge in [-0.05, 0) is 18.3 Å². The molecule has 2 heterocycles. The number of aromatic hydroxyl groups is 1. The minimum Gasteiger partial charge on any atom is -0.494 e. The van der Waals surface area contributed by atoms with Crippen molar-refractivity contribution < 1.29 is 15.0 Å². The molecule has 24 heavy (non-hydrogen) atoms. The Morgan fingerprint density at radius 1 is 1.42 bits per heavy atom. The first-order valence-corrected chi connectivity index (χ1v) is 7.97. The van der Waals surface area contributed by atoms with Gasteiger partial charge in [0.1, 0.15) is 5.65 Å². The summed E-state index contributed by atoms with van der Waals surface area (Å²) in [7, 11) is 0. The van der Waals surface area contributed by atoms with E-state index in [0.29, 0.717) is 17.9 Å². The highest BCUT2D eigenvalue weighted by Gasteiger charge is 2.30. The zero-order valence-electron chi connectivity index (χ0n) is 14.0. The normalized spacial score (nSPS) is 15.0. The molecule has 8 heteroatoms. The maximum atomic E-state index is 12.6. The van der Waals surface area contributed by atoms with Gasteiger partial charge in [-0.2, -0.15) is 9.61 Å². The summed E-state index contributed by atoms with van der Waals surface area (Å²) in [5.41, 5.74) is -0.564. The first-order valence-electron chi connectivity index (χ1n) is 7.97. The van der Waals surface area contributed by atoms with E-state index in [9.17, 15) is 19.8 Å². The molecule has 0 atom stereocenters. The number of aliphatic hydroxyl groups excluding tert-OH is 1. The average Bonchev–Trinajstić information content (AvgIpc) is 3.17. The SMILES string of the molecule is CC(C)(C)Cn1c(O)c(C(=O)NC2CC2)c(=O)n2nc(CO)cc12. The Balaban J connectivity index is 2.23. The van der Waals surface area contributed by atoms with Crippen molar-refractivity contribution >= 4 is 11.6 Å². The van der Waals surface area contributed by atoms with Crippen LogP contribution in [0.5, 0.6) is 5.88 Å². The quantitative estimate of drug-likeness (QED) is 0.760. The summed E-state index contributed by atoms with van der Waals surface area (Å²) in [6.07, 6.45) is 1.75. The van der Waals surface area contributed by atoms with Crippen molar-refractivity contribution in [1.29, 1.82) is 0 Å². The minimum atomic E-state index is -0.689. The first-order chi connectivity index (χ1) is 11.2. The predicted octanol–water partition coefficient (Wildman–Crippen LogP) is 0.632. The van der Waals surface area contributed by atoms with Crippen LogP contribution < -0.4 is 10.9 Å². The number of aromatic nitrogens is 3. The number of hydrogen-bond acceptors (Lipinski definition) is 5. The number of aliphatic hydroxyl groups is 1. The Morgan fingerprint density at radius 2 is 2.08 bits per heavy atom. The summed E-state index contributed by atoms with van der Waals surface area (Å²) in [5, 5.41) is 26.7. The fraction of sp³-hybridized carbons (Fsp3) is 0.562. The Bertz CT molecular complexity index is 856. The van der Waals surface area contributed by atoms with E-state index in [2.05, 4.69) is 10.4 Å². The fourth-order valence-corrected chi connectivity index (χ4v) is 2.60. The Kier molecular flexibility index (Phi) is 3.87. The zero-order chi connectivity index (χ0) is 17.6. The molecule has 0 bridgehead atoms. The summed E-state index contributed by atoms with van der Waals surface area (Å²) < 4.78 is 2.56. The molecule has 2 aromatic heterocycles. The molecule has 1 amide bonds. The van der Waals surface area contributed by atoms with Crippen molar-refractivity contribution in [3.63, 3.8) is 0 Å². The maximum absolute atomic E-state index is 12.6. The summed E-state index contributed by atoms with van der Waals surface area (Å²) in [6.45, 7) is 5.99. The summed E-state index contributed by atoms with van der Waals surface area (Å²) >= 11 is 0. The van der Waals surface area contributed by atoms with Gasteiger partial charge in [0.25, 0.3) is 11.5 Å². The van der Waals surface area contributed by atoms with Crippen LogP contribution in [0.1, 0.15) is 49.7 Å². The van der Waals surface area contributed by atoms with Crippen LogP contribution in [0.15, 0.2) is 10.9 Å². The van der Waals surface area contributed by atoms with Crippen LogP contribution in [0, 0.1) is 5.41 Å². The van der Waals surface area contributed by atoms with Gasteiger partial charge in [-0.3, -0.25) is 14.2 Å². The number of amides is 1. The zero-order valence-corrected chi connectivity index (χ0v) is 14.0. The van der Waals surface area contributed by atoms with E-state index in [1.807, 2.05) is 20.8 Å². The standard InChI is InChI=1S/C16H22N4O4/c1-16(2,3)8-19-11-6-10(7-21)18-20(11)15(24)12(14(19)23)13(22)17-9-4-5-9/h6,9,21,23H,4-5,7-8H2,1-3H3,(H,17,22). The Morgan fingerprint density at radius 3 is 2.62 bits per heavy atom. The van der Waals surface area contributed by atoms with Gasteiger partial charge >= 0.3 is 0 Å². The maximum Gasteiger partial charge on any atom is 0.291 e. The van der Waals surface area contributed by atoms with E-state index in [0.717, 1.165) is 17.4 Å². The van der Waals surface area contributed by atoms with Crippen molar-refractivity contribution in [2.24, 2.45) is 5.41 Å². The summed E-state index contributed by atoms with van der Waals surface area (Å²) in [4.78, 5) is 25.0. The van der Waals surface area contributed by atoms with E-state index in [-0.39, 0.29) is 29.5 Å². The predicted molar refractivity (Wildman–Crippen MR) is 87.0 cm³/mol. The highest BCUT2D eigenvalue weighted by molar-refractivity contribution is 5.96. The molecular formula is C16H22N4O4. The third-order valence-electron chi connectivity index (χ3n) is 3.84.